The van der Waals surface area contributed by atoms with Crippen LogP contribution in [0.3, 0.4) is 0 Å². The van der Waals surface area contributed by atoms with E-state index in [2.05, 4.69) is 21.2 Å². The Hall–Kier alpha value is -1.10. The molecule has 2 radical (unpaired) electrons. The maximum atomic E-state index is 11.3. The molecule has 0 fully saturated rings. The number of anilines is 1. The number of carbonyl (C=O) groups excluding carboxylic acids is 2. The van der Waals surface area contributed by atoms with E-state index in [-0.39, 0.29) is 24.4 Å². The Balaban J connectivity index is 2.51. The van der Waals surface area contributed by atoms with Crippen molar-refractivity contribution in [2.75, 3.05) is 5.32 Å². The van der Waals surface area contributed by atoms with Crippen molar-refractivity contribution in [3.63, 3.8) is 0 Å². The van der Waals surface area contributed by atoms with E-state index in [0.29, 0.717) is 5.69 Å². The summed E-state index contributed by atoms with van der Waals surface area (Å²) in [6.45, 7) is 0. The molecule has 1 N–H and O–H groups in total. The minimum atomic E-state index is -0.340. The number of rotatable bonds is 4. The van der Waals surface area contributed by atoms with Crippen LogP contribution in [-0.2, 0) is 9.59 Å². The van der Waals surface area contributed by atoms with Gasteiger partial charge in [-0.3, -0.25) is 9.59 Å². The molecule has 3 nitrogen and oxygen atoms in total. The Morgan fingerprint density at radius 2 is 1.87 bits per heavy atom. The molecule has 1 aromatic carbocycles. The molecule has 0 aromatic heterocycles. The molecular formula is C10H9BBrNO2. The van der Waals surface area contributed by atoms with E-state index in [9.17, 15) is 9.59 Å². The van der Waals surface area contributed by atoms with Crippen molar-refractivity contribution in [1.29, 1.82) is 0 Å². The average molecular weight is 266 g/mol. The van der Waals surface area contributed by atoms with Crippen molar-refractivity contribution in [3.8, 4) is 0 Å². The minimum Gasteiger partial charge on any atom is -0.326 e. The molecule has 0 aliphatic heterocycles. The third-order valence-corrected chi connectivity index (χ3v) is 2.24. The molecule has 76 valence electrons. The zero-order chi connectivity index (χ0) is 11.3. The van der Waals surface area contributed by atoms with E-state index in [0.717, 1.165) is 4.47 Å². The van der Waals surface area contributed by atoms with Gasteiger partial charge in [0.25, 0.3) is 0 Å². The first-order valence-corrected chi connectivity index (χ1v) is 5.18. The topological polar surface area (TPSA) is 46.2 Å². The molecule has 1 rings (SSSR count). The number of nitrogens with one attached hydrogen (secondary N) is 1. The van der Waals surface area contributed by atoms with Gasteiger partial charge in [-0.05, 0) is 30.6 Å². The largest absolute Gasteiger partial charge is 0.326 e. The van der Waals surface area contributed by atoms with Crippen molar-refractivity contribution in [1.82, 2.24) is 0 Å². The van der Waals surface area contributed by atoms with Gasteiger partial charge in [-0.1, -0.05) is 15.9 Å². The first-order chi connectivity index (χ1) is 7.11. The van der Waals surface area contributed by atoms with Crippen LogP contribution in [0, 0.1) is 0 Å². The molecule has 0 unspecified atom stereocenters. The first-order valence-electron chi connectivity index (χ1n) is 4.39. The van der Waals surface area contributed by atoms with Crippen LogP contribution in [0.1, 0.15) is 6.42 Å². The van der Waals surface area contributed by atoms with E-state index in [1.165, 1.54) is 0 Å². The molecule has 0 heterocycles. The summed E-state index contributed by atoms with van der Waals surface area (Å²) in [5.41, 5.74) is 0.660. The first kappa shape index (κ1) is 12.0. The van der Waals surface area contributed by atoms with E-state index in [1.54, 1.807) is 24.3 Å². The summed E-state index contributed by atoms with van der Waals surface area (Å²) in [7, 11) is 5.10. The fourth-order valence-electron chi connectivity index (χ4n) is 0.990. The van der Waals surface area contributed by atoms with Gasteiger partial charge in [0, 0.05) is 10.2 Å². The second kappa shape index (κ2) is 5.71. The Bertz CT molecular complexity index is 364. The van der Waals surface area contributed by atoms with Crippen LogP contribution in [0.2, 0.25) is 6.32 Å². The Morgan fingerprint density at radius 3 is 2.40 bits per heavy atom. The van der Waals surface area contributed by atoms with Crippen molar-refractivity contribution < 1.29 is 9.59 Å². The van der Waals surface area contributed by atoms with Gasteiger partial charge in [-0.25, -0.2) is 0 Å². The number of benzene rings is 1. The maximum Gasteiger partial charge on any atom is 0.231 e. The number of carbonyl (C=O) groups is 2. The molecule has 0 atom stereocenters. The molecule has 0 bridgehead atoms. The molecule has 0 aliphatic carbocycles. The van der Waals surface area contributed by atoms with Gasteiger partial charge < -0.3 is 5.32 Å². The summed E-state index contributed by atoms with van der Waals surface area (Å²) in [6.07, 6.45) is -0.277. The van der Waals surface area contributed by atoms with Crippen molar-refractivity contribution in [2.24, 2.45) is 0 Å². The number of Topliss-reactive ketones (excluding diaryl/α,β-unsaturated/α-hetero) is 1. The van der Waals surface area contributed by atoms with Gasteiger partial charge in [0.1, 0.15) is 5.78 Å². The average Bonchev–Trinajstić information content (AvgIpc) is 2.21. The fraction of sp³-hybridized carbons (Fsp3) is 0.200. The van der Waals surface area contributed by atoms with Crippen LogP contribution < -0.4 is 5.32 Å². The highest BCUT2D eigenvalue weighted by molar-refractivity contribution is 9.10. The number of ketones is 1. The summed E-state index contributed by atoms with van der Waals surface area (Å²) in [4.78, 5) is 22.1. The predicted molar refractivity (Wildman–Crippen MR) is 63.0 cm³/mol. The summed E-state index contributed by atoms with van der Waals surface area (Å²) in [6, 6.07) is 7.10. The maximum absolute atomic E-state index is 11.3. The summed E-state index contributed by atoms with van der Waals surface area (Å²) < 4.78 is 0.929. The zero-order valence-corrected chi connectivity index (χ0v) is 9.58. The second-order valence-corrected chi connectivity index (χ2v) is 3.89. The summed E-state index contributed by atoms with van der Waals surface area (Å²) in [5.74, 6) is -0.614. The molecule has 0 saturated carbocycles. The van der Waals surface area contributed by atoms with Crippen LogP contribution >= 0.6 is 15.9 Å². The smallest absolute Gasteiger partial charge is 0.231 e. The quantitative estimate of drug-likeness (QED) is 0.668. The third-order valence-electron chi connectivity index (χ3n) is 1.71. The van der Waals surface area contributed by atoms with Crippen molar-refractivity contribution in [3.05, 3.63) is 28.7 Å². The normalized spacial score (nSPS) is 9.67. The van der Waals surface area contributed by atoms with Crippen LogP contribution in [0.15, 0.2) is 28.7 Å². The van der Waals surface area contributed by atoms with Gasteiger partial charge in [0.05, 0.1) is 14.3 Å². The highest BCUT2D eigenvalue weighted by Gasteiger charge is 2.06. The lowest BCUT2D eigenvalue weighted by molar-refractivity contribution is -0.124. The van der Waals surface area contributed by atoms with Crippen molar-refractivity contribution >= 4 is 41.2 Å². The Morgan fingerprint density at radius 1 is 1.27 bits per heavy atom. The number of hydrogen-bond acceptors (Lipinski definition) is 2. The number of halogens is 1. The SMILES string of the molecule is [B]CC(=O)CC(=O)Nc1ccc(Br)cc1. The highest BCUT2D eigenvalue weighted by Crippen LogP contribution is 2.14. The fourth-order valence-corrected chi connectivity index (χ4v) is 1.25. The van der Waals surface area contributed by atoms with E-state index < -0.39 is 0 Å². The van der Waals surface area contributed by atoms with Crippen LogP contribution in [-0.4, -0.2) is 19.5 Å². The third kappa shape index (κ3) is 4.29. The lowest BCUT2D eigenvalue weighted by Crippen LogP contribution is -2.15. The standard InChI is InChI=1S/C10H9BBrNO2/c11-6-9(14)5-10(15)13-8-3-1-7(12)2-4-8/h1-4H,5-6H2,(H,13,15). The van der Waals surface area contributed by atoms with Crippen LogP contribution in [0.5, 0.6) is 0 Å². The van der Waals surface area contributed by atoms with Gasteiger partial charge in [-0.15, -0.1) is 0 Å². The van der Waals surface area contributed by atoms with Crippen LogP contribution in [0.4, 0.5) is 5.69 Å². The zero-order valence-electron chi connectivity index (χ0n) is 8.00. The number of hydrogen-bond donors (Lipinski definition) is 1. The molecule has 5 heteroatoms. The summed E-state index contributed by atoms with van der Waals surface area (Å²) in [5, 5.41) is 2.60. The van der Waals surface area contributed by atoms with Gasteiger partial charge in [0.2, 0.25) is 5.91 Å². The van der Waals surface area contributed by atoms with Crippen molar-refractivity contribution in [2.45, 2.75) is 12.7 Å². The molecule has 1 amide bonds. The van der Waals surface area contributed by atoms with E-state index >= 15 is 0 Å². The molecule has 0 saturated heterocycles. The lowest BCUT2D eigenvalue weighted by Gasteiger charge is -2.03. The highest BCUT2D eigenvalue weighted by atomic mass is 79.9. The Kier molecular flexibility index (Phi) is 4.56. The predicted octanol–water partition coefficient (Wildman–Crippen LogP) is 1.93. The van der Waals surface area contributed by atoms with Crippen LogP contribution in [0.25, 0.3) is 0 Å². The molecule has 1 aromatic rings. The van der Waals surface area contributed by atoms with E-state index in [4.69, 9.17) is 7.85 Å². The summed E-state index contributed by atoms with van der Waals surface area (Å²) >= 11 is 3.28. The molecule has 0 spiro atoms. The molecule has 15 heavy (non-hydrogen) atoms. The van der Waals surface area contributed by atoms with Gasteiger partial charge in [-0.2, -0.15) is 0 Å². The van der Waals surface area contributed by atoms with Gasteiger partial charge >= 0.3 is 0 Å². The second-order valence-electron chi connectivity index (χ2n) is 2.97. The molecule has 0 aliphatic rings. The van der Waals surface area contributed by atoms with Gasteiger partial charge in [0.15, 0.2) is 0 Å². The monoisotopic (exact) mass is 265 g/mol. The molecular weight excluding hydrogens is 257 g/mol. The minimum absolute atomic E-state index is 0.103. The van der Waals surface area contributed by atoms with E-state index in [1.807, 2.05) is 0 Å². The lowest BCUT2D eigenvalue weighted by atomic mass is 9.99. The number of amides is 1. The Labute approximate surface area is 97.8 Å².